The lowest BCUT2D eigenvalue weighted by atomic mass is 10.2. The number of aromatic nitrogens is 1. The highest BCUT2D eigenvalue weighted by atomic mass is 35.5. The lowest BCUT2D eigenvalue weighted by Crippen LogP contribution is -2.27. The first-order valence-electron chi connectivity index (χ1n) is 5.79. The molecule has 7 heteroatoms. The summed E-state index contributed by atoms with van der Waals surface area (Å²) in [5.41, 5.74) is 0.439. The van der Waals surface area contributed by atoms with E-state index in [-0.39, 0.29) is 17.0 Å². The first-order valence-corrected chi connectivity index (χ1v) is 7.61. The number of sulfonamides is 1. The van der Waals surface area contributed by atoms with Crippen LogP contribution in [0.4, 0.5) is 0 Å². The van der Waals surface area contributed by atoms with E-state index in [0.717, 1.165) is 5.56 Å². The largest absolute Gasteiger partial charge is 0.328 e. The molecule has 2 rings (SSSR count). The van der Waals surface area contributed by atoms with Gasteiger partial charge in [-0.3, -0.25) is 4.79 Å². The predicted molar refractivity (Wildman–Crippen MR) is 77.2 cm³/mol. The molecule has 0 spiro atoms. The standard InChI is InChI=1S/C13H13ClN2O3S/c1-16(9-10-3-2-4-11(14)7-10)20(18,19)12-5-6-13(17)15-8-12/h2-8H,9H2,1H3,(H,15,17). The Morgan fingerprint density at radius 3 is 2.60 bits per heavy atom. The molecule has 0 aliphatic heterocycles. The first kappa shape index (κ1) is 14.8. The number of H-pyrrole nitrogens is 1. The Morgan fingerprint density at radius 1 is 1.25 bits per heavy atom. The number of rotatable bonds is 4. The van der Waals surface area contributed by atoms with Crippen LogP contribution in [0.5, 0.6) is 0 Å². The third kappa shape index (κ3) is 3.27. The maximum Gasteiger partial charge on any atom is 0.247 e. The Labute approximate surface area is 121 Å². The van der Waals surface area contributed by atoms with Crippen LogP contribution in [0.3, 0.4) is 0 Å². The molecule has 0 saturated carbocycles. The summed E-state index contributed by atoms with van der Waals surface area (Å²) in [5, 5.41) is 0.553. The van der Waals surface area contributed by atoms with Gasteiger partial charge in [-0.05, 0) is 23.8 Å². The Morgan fingerprint density at radius 2 is 2.00 bits per heavy atom. The van der Waals surface area contributed by atoms with Gasteiger partial charge in [-0.2, -0.15) is 4.31 Å². The fraction of sp³-hybridized carbons (Fsp3) is 0.154. The maximum atomic E-state index is 12.3. The number of benzene rings is 1. The number of pyridine rings is 1. The van der Waals surface area contributed by atoms with Gasteiger partial charge in [0.2, 0.25) is 15.6 Å². The Hall–Kier alpha value is -1.63. The molecule has 0 atom stereocenters. The highest BCUT2D eigenvalue weighted by Crippen LogP contribution is 2.17. The minimum absolute atomic E-state index is 0.0432. The molecule has 0 radical (unpaired) electrons. The van der Waals surface area contributed by atoms with E-state index < -0.39 is 10.0 Å². The highest BCUT2D eigenvalue weighted by molar-refractivity contribution is 7.89. The van der Waals surface area contributed by atoms with E-state index in [1.807, 2.05) is 0 Å². The lowest BCUT2D eigenvalue weighted by molar-refractivity contribution is 0.466. The van der Waals surface area contributed by atoms with Crippen molar-refractivity contribution in [1.82, 2.24) is 9.29 Å². The van der Waals surface area contributed by atoms with Crippen LogP contribution in [0.25, 0.3) is 0 Å². The van der Waals surface area contributed by atoms with Gasteiger partial charge < -0.3 is 4.98 Å². The van der Waals surface area contributed by atoms with E-state index in [0.29, 0.717) is 5.02 Å². The zero-order valence-corrected chi connectivity index (χ0v) is 12.3. The molecular weight excluding hydrogens is 300 g/mol. The van der Waals surface area contributed by atoms with Crippen LogP contribution in [0.1, 0.15) is 5.56 Å². The van der Waals surface area contributed by atoms with Crippen LogP contribution >= 0.6 is 11.6 Å². The summed E-state index contributed by atoms with van der Waals surface area (Å²) in [6.07, 6.45) is 1.19. The Bertz CT molecular complexity index is 751. The molecule has 1 N–H and O–H groups in total. The van der Waals surface area contributed by atoms with E-state index in [1.54, 1.807) is 24.3 Å². The summed E-state index contributed by atoms with van der Waals surface area (Å²) >= 11 is 5.87. The van der Waals surface area contributed by atoms with Crippen molar-refractivity contribution in [2.24, 2.45) is 0 Å². The van der Waals surface area contributed by atoms with Crippen molar-refractivity contribution in [2.45, 2.75) is 11.4 Å². The van der Waals surface area contributed by atoms with Gasteiger partial charge in [0, 0.05) is 30.9 Å². The molecule has 0 unspecified atom stereocenters. The summed E-state index contributed by atoms with van der Waals surface area (Å²) in [6, 6.07) is 9.45. The molecule has 1 aromatic heterocycles. The molecule has 0 saturated heterocycles. The minimum Gasteiger partial charge on any atom is -0.328 e. The van der Waals surface area contributed by atoms with Crippen LogP contribution in [0.2, 0.25) is 5.02 Å². The average molecular weight is 313 g/mol. The molecule has 20 heavy (non-hydrogen) atoms. The molecule has 0 aliphatic rings. The van der Waals surface area contributed by atoms with Gasteiger partial charge in [0.15, 0.2) is 0 Å². The summed E-state index contributed by atoms with van der Waals surface area (Å²) in [7, 11) is -2.17. The second-order valence-electron chi connectivity index (χ2n) is 4.28. The van der Waals surface area contributed by atoms with E-state index in [2.05, 4.69) is 4.98 Å². The van der Waals surface area contributed by atoms with Gasteiger partial charge in [-0.15, -0.1) is 0 Å². The highest BCUT2D eigenvalue weighted by Gasteiger charge is 2.20. The quantitative estimate of drug-likeness (QED) is 0.936. The topological polar surface area (TPSA) is 70.2 Å². The molecular formula is C13H13ClN2O3S. The van der Waals surface area contributed by atoms with Gasteiger partial charge in [-0.1, -0.05) is 23.7 Å². The number of nitrogens with zero attached hydrogens (tertiary/aromatic N) is 1. The fourth-order valence-electron chi connectivity index (χ4n) is 1.71. The Balaban J connectivity index is 2.25. The van der Waals surface area contributed by atoms with E-state index in [9.17, 15) is 13.2 Å². The van der Waals surface area contributed by atoms with E-state index in [4.69, 9.17) is 11.6 Å². The van der Waals surface area contributed by atoms with Crippen LogP contribution in [-0.4, -0.2) is 24.8 Å². The second-order valence-corrected chi connectivity index (χ2v) is 6.76. The van der Waals surface area contributed by atoms with Gasteiger partial charge in [0.25, 0.3) is 0 Å². The normalized spacial score (nSPS) is 11.8. The van der Waals surface area contributed by atoms with Crippen LogP contribution < -0.4 is 5.56 Å². The van der Waals surface area contributed by atoms with Crippen molar-refractivity contribution < 1.29 is 8.42 Å². The number of hydrogen-bond donors (Lipinski definition) is 1. The van der Waals surface area contributed by atoms with Crippen molar-refractivity contribution in [3.63, 3.8) is 0 Å². The summed E-state index contributed by atoms with van der Waals surface area (Å²) in [6.45, 7) is 0.196. The fourth-order valence-corrected chi connectivity index (χ4v) is 3.05. The van der Waals surface area contributed by atoms with Crippen molar-refractivity contribution in [3.8, 4) is 0 Å². The molecule has 2 aromatic rings. The van der Waals surface area contributed by atoms with Gasteiger partial charge in [0.1, 0.15) is 0 Å². The second kappa shape index (κ2) is 5.78. The monoisotopic (exact) mass is 312 g/mol. The van der Waals surface area contributed by atoms with Gasteiger partial charge >= 0.3 is 0 Å². The van der Waals surface area contributed by atoms with E-state index in [1.165, 1.54) is 29.7 Å². The number of halogens is 1. The van der Waals surface area contributed by atoms with Crippen molar-refractivity contribution in [2.75, 3.05) is 7.05 Å². The van der Waals surface area contributed by atoms with Gasteiger partial charge in [-0.25, -0.2) is 8.42 Å². The zero-order chi connectivity index (χ0) is 14.8. The number of aromatic amines is 1. The molecule has 106 valence electrons. The van der Waals surface area contributed by atoms with Crippen LogP contribution in [-0.2, 0) is 16.6 Å². The molecule has 0 fully saturated rings. The molecule has 1 heterocycles. The SMILES string of the molecule is CN(Cc1cccc(Cl)c1)S(=O)(=O)c1ccc(=O)[nH]c1. The minimum atomic E-state index is -3.65. The molecule has 0 amide bonds. The van der Waals surface area contributed by atoms with E-state index >= 15 is 0 Å². The molecule has 0 aliphatic carbocycles. The summed E-state index contributed by atoms with van der Waals surface area (Å²) < 4.78 is 25.8. The van der Waals surface area contributed by atoms with Gasteiger partial charge in [0.05, 0.1) is 4.90 Å². The number of nitrogens with one attached hydrogen (secondary N) is 1. The molecule has 0 bridgehead atoms. The summed E-state index contributed by atoms with van der Waals surface area (Å²) in [5.74, 6) is 0. The number of hydrogen-bond acceptors (Lipinski definition) is 3. The lowest BCUT2D eigenvalue weighted by Gasteiger charge is -2.17. The van der Waals surface area contributed by atoms with Crippen molar-refractivity contribution >= 4 is 21.6 Å². The maximum absolute atomic E-state index is 12.3. The Kier molecular flexibility index (Phi) is 4.27. The molecule has 1 aromatic carbocycles. The van der Waals surface area contributed by atoms with Crippen molar-refractivity contribution in [3.05, 3.63) is 63.5 Å². The summed E-state index contributed by atoms with van der Waals surface area (Å²) in [4.78, 5) is 13.4. The average Bonchev–Trinajstić information content (AvgIpc) is 2.39. The first-order chi connectivity index (χ1) is 9.39. The third-order valence-electron chi connectivity index (χ3n) is 2.76. The third-order valence-corrected chi connectivity index (χ3v) is 4.79. The smallest absolute Gasteiger partial charge is 0.247 e. The predicted octanol–water partition coefficient (Wildman–Crippen LogP) is 1.85. The van der Waals surface area contributed by atoms with Crippen LogP contribution in [0, 0.1) is 0 Å². The zero-order valence-electron chi connectivity index (χ0n) is 10.7. The van der Waals surface area contributed by atoms with Crippen LogP contribution in [0.15, 0.2) is 52.3 Å². The van der Waals surface area contributed by atoms with Crippen molar-refractivity contribution in [1.29, 1.82) is 0 Å². The molecule has 5 nitrogen and oxygen atoms in total.